The van der Waals surface area contributed by atoms with E-state index in [1.165, 1.54) is 5.56 Å². The van der Waals surface area contributed by atoms with Crippen LogP contribution in [0.25, 0.3) is 0 Å². The van der Waals surface area contributed by atoms with Crippen LogP contribution in [0.4, 0.5) is 0 Å². The number of carbonyl (C=O) groups excluding carboxylic acids is 1. The van der Waals surface area contributed by atoms with Crippen LogP contribution in [0, 0.1) is 0 Å². The Labute approximate surface area is 148 Å². The van der Waals surface area contributed by atoms with Crippen LogP contribution in [0.3, 0.4) is 0 Å². The highest BCUT2D eigenvalue weighted by Crippen LogP contribution is 2.24. The summed E-state index contributed by atoms with van der Waals surface area (Å²) in [6, 6.07) is 8.13. The summed E-state index contributed by atoms with van der Waals surface area (Å²) in [6.07, 6.45) is 2.66. The number of nitrogens with one attached hydrogen (secondary N) is 1. The predicted molar refractivity (Wildman–Crippen MR) is 95.1 cm³/mol. The first kappa shape index (κ1) is 17.5. The lowest BCUT2D eigenvalue weighted by molar-refractivity contribution is -0.134. The van der Waals surface area contributed by atoms with Crippen molar-refractivity contribution in [2.24, 2.45) is 0 Å². The lowest BCUT2D eigenvalue weighted by Gasteiger charge is -2.25. The zero-order valence-corrected chi connectivity index (χ0v) is 15.2. The number of rotatable bonds is 5. The molecule has 1 amide bonds. The molecule has 0 unspecified atom stereocenters. The fourth-order valence-corrected chi connectivity index (χ4v) is 2.87. The quantitative estimate of drug-likeness (QED) is 0.906. The number of piperidine rings is 1. The summed E-state index contributed by atoms with van der Waals surface area (Å²) in [4.78, 5) is 18.1. The maximum Gasteiger partial charge on any atom is 0.222 e. The second-order valence-corrected chi connectivity index (χ2v) is 7.53. The van der Waals surface area contributed by atoms with E-state index in [4.69, 9.17) is 4.74 Å². The zero-order valence-electron chi connectivity index (χ0n) is 15.2. The smallest absolute Gasteiger partial charge is 0.222 e. The van der Waals surface area contributed by atoms with Gasteiger partial charge in [0, 0.05) is 13.0 Å². The number of ether oxygens (including phenoxy) is 1. The van der Waals surface area contributed by atoms with Gasteiger partial charge in [-0.2, -0.15) is 5.10 Å². The van der Waals surface area contributed by atoms with E-state index in [2.05, 4.69) is 48.1 Å². The number of carbonyl (C=O) groups is 1. The van der Waals surface area contributed by atoms with Gasteiger partial charge >= 0.3 is 0 Å². The molecule has 6 heteroatoms. The molecule has 1 N–H and O–H groups in total. The summed E-state index contributed by atoms with van der Waals surface area (Å²) in [6.45, 7) is 8.15. The Morgan fingerprint density at radius 3 is 2.64 bits per heavy atom. The van der Waals surface area contributed by atoms with E-state index >= 15 is 0 Å². The number of H-pyrrole nitrogens is 1. The van der Waals surface area contributed by atoms with Crippen molar-refractivity contribution in [3.63, 3.8) is 0 Å². The molecule has 1 aliphatic rings. The second-order valence-electron chi connectivity index (χ2n) is 7.53. The van der Waals surface area contributed by atoms with Gasteiger partial charge in [0.2, 0.25) is 5.91 Å². The third-order valence-electron chi connectivity index (χ3n) is 4.43. The number of hydrogen-bond donors (Lipinski definition) is 1. The second kappa shape index (κ2) is 7.25. The van der Waals surface area contributed by atoms with Gasteiger partial charge in [-0.15, -0.1) is 0 Å². The summed E-state index contributed by atoms with van der Waals surface area (Å²) in [5.41, 5.74) is 1.40. The molecule has 3 rings (SSSR count). The fourth-order valence-electron chi connectivity index (χ4n) is 2.87. The normalized spacial score (nSPS) is 15.5. The van der Waals surface area contributed by atoms with Gasteiger partial charge in [0.05, 0.1) is 6.54 Å². The van der Waals surface area contributed by atoms with E-state index in [1.54, 1.807) is 0 Å². The summed E-state index contributed by atoms with van der Waals surface area (Å²) in [5, 5.41) is 7.09. The maximum absolute atomic E-state index is 11.8. The van der Waals surface area contributed by atoms with Crippen molar-refractivity contribution in [1.29, 1.82) is 0 Å². The third-order valence-corrected chi connectivity index (χ3v) is 4.43. The Balaban J connectivity index is 1.54. The zero-order chi connectivity index (χ0) is 17.9. The molecule has 1 aromatic heterocycles. The molecular formula is C19H26N4O2. The van der Waals surface area contributed by atoms with E-state index in [9.17, 15) is 4.79 Å². The van der Waals surface area contributed by atoms with Crippen LogP contribution in [-0.4, -0.2) is 32.5 Å². The topological polar surface area (TPSA) is 71.1 Å². The molecule has 1 saturated heterocycles. The van der Waals surface area contributed by atoms with Crippen molar-refractivity contribution in [3.05, 3.63) is 41.5 Å². The Bertz CT molecular complexity index is 716. The number of aromatic amines is 1. The highest BCUT2D eigenvalue weighted by Gasteiger charge is 2.19. The third kappa shape index (κ3) is 4.59. The average Bonchev–Trinajstić information content (AvgIpc) is 3.02. The molecule has 0 spiro atoms. The van der Waals surface area contributed by atoms with Gasteiger partial charge in [0.15, 0.2) is 11.6 Å². The molecule has 0 radical (unpaired) electrons. The molecule has 1 fully saturated rings. The first-order valence-electron chi connectivity index (χ1n) is 8.83. The Morgan fingerprint density at radius 2 is 1.96 bits per heavy atom. The molecule has 1 aromatic carbocycles. The van der Waals surface area contributed by atoms with Gasteiger partial charge in [-0.05, 0) is 36.0 Å². The van der Waals surface area contributed by atoms with Crippen LogP contribution in [0.15, 0.2) is 24.3 Å². The molecule has 134 valence electrons. The lowest BCUT2D eigenvalue weighted by atomic mass is 9.87. The van der Waals surface area contributed by atoms with Gasteiger partial charge < -0.3 is 9.64 Å². The summed E-state index contributed by atoms with van der Waals surface area (Å²) in [7, 11) is 0. The van der Waals surface area contributed by atoms with Crippen molar-refractivity contribution in [2.75, 3.05) is 6.54 Å². The molecule has 25 heavy (non-hydrogen) atoms. The maximum atomic E-state index is 11.8. The van der Waals surface area contributed by atoms with Crippen LogP contribution in [-0.2, 0) is 23.4 Å². The predicted octanol–water partition coefficient (Wildman–Crippen LogP) is 3.19. The van der Waals surface area contributed by atoms with Crippen molar-refractivity contribution >= 4 is 5.91 Å². The van der Waals surface area contributed by atoms with Gasteiger partial charge in [0.25, 0.3) is 0 Å². The van der Waals surface area contributed by atoms with Crippen LogP contribution in [0.1, 0.15) is 57.2 Å². The van der Waals surface area contributed by atoms with Gasteiger partial charge in [0.1, 0.15) is 12.4 Å². The van der Waals surface area contributed by atoms with Gasteiger partial charge in [-0.25, -0.2) is 4.98 Å². The first-order valence-corrected chi connectivity index (χ1v) is 8.83. The van der Waals surface area contributed by atoms with Crippen LogP contribution in [0.2, 0.25) is 0 Å². The molecular weight excluding hydrogens is 316 g/mol. The molecule has 0 aliphatic carbocycles. The number of hydrogen-bond acceptors (Lipinski definition) is 4. The summed E-state index contributed by atoms with van der Waals surface area (Å²) in [5.74, 6) is 2.29. The molecule has 0 atom stereocenters. The minimum atomic E-state index is 0.129. The fraction of sp³-hybridized carbons (Fsp3) is 0.526. The minimum Gasteiger partial charge on any atom is -0.486 e. The van der Waals surface area contributed by atoms with Crippen LogP contribution in [0.5, 0.6) is 5.75 Å². The van der Waals surface area contributed by atoms with E-state index < -0.39 is 0 Å². The lowest BCUT2D eigenvalue weighted by Crippen LogP contribution is -2.34. The van der Waals surface area contributed by atoms with Crippen molar-refractivity contribution in [2.45, 2.75) is 58.6 Å². The summed E-state index contributed by atoms with van der Waals surface area (Å²) < 4.78 is 5.77. The highest BCUT2D eigenvalue weighted by molar-refractivity contribution is 5.76. The standard InChI is InChI=1S/C19H26N4O2/c1-19(2,3)14-7-9-15(10-8-14)25-13-17-20-16(21-22-17)12-23-11-5-4-6-18(23)24/h7-10H,4-6,11-13H2,1-3H3,(H,20,21,22). The van der Waals surface area contributed by atoms with Crippen molar-refractivity contribution in [3.8, 4) is 5.75 Å². The molecule has 6 nitrogen and oxygen atoms in total. The number of benzene rings is 1. The average molecular weight is 342 g/mol. The summed E-state index contributed by atoms with van der Waals surface area (Å²) >= 11 is 0. The van der Waals surface area contributed by atoms with E-state index in [1.807, 2.05) is 17.0 Å². The molecule has 2 aromatic rings. The van der Waals surface area contributed by atoms with Crippen LogP contribution < -0.4 is 4.74 Å². The minimum absolute atomic E-state index is 0.129. The Kier molecular flexibility index (Phi) is 5.06. The molecule has 2 heterocycles. The van der Waals surface area contributed by atoms with E-state index in [-0.39, 0.29) is 11.3 Å². The van der Waals surface area contributed by atoms with Crippen molar-refractivity contribution < 1.29 is 9.53 Å². The van der Waals surface area contributed by atoms with E-state index in [0.29, 0.717) is 31.2 Å². The highest BCUT2D eigenvalue weighted by atomic mass is 16.5. The number of aromatic nitrogens is 3. The molecule has 0 saturated carbocycles. The van der Waals surface area contributed by atoms with E-state index in [0.717, 1.165) is 25.1 Å². The largest absolute Gasteiger partial charge is 0.486 e. The number of likely N-dealkylation sites (tertiary alicyclic amines) is 1. The van der Waals surface area contributed by atoms with Gasteiger partial charge in [-0.1, -0.05) is 32.9 Å². The van der Waals surface area contributed by atoms with Gasteiger partial charge in [-0.3, -0.25) is 9.89 Å². The molecule has 1 aliphatic heterocycles. The number of amides is 1. The monoisotopic (exact) mass is 342 g/mol. The Hall–Kier alpha value is -2.37. The number of nitrogens with zero attached hydrogens (tertiary/aromatic N) is 3. The SMILES string of the molecule is CC(C)(C)c1ccc(OCc2nc(CN3CCCCC3=O)n[nH]2)cc1. The Morgan fingerprint density at radius 1 is 1.20 bits per heavy atom. The van der Waals surface area contributed by atoms with Crippen molar-refractivity contribution in [1.82, 2.24) is 20.1 Å². The molecule has 0 bridgehead atoms. The van der Waals surface area contributed by atoms with Crippen LogP contribution >= 0.6 is 0 Å². The first-order chi connectivity index (χ1) is 11.9.